The zero-order chi connectivity index (χ0) is 28.0. The van der Waals surface area contributed by atoms with Crippen molar-refractivity contribution in [1.82, 2.24) is 14.7 Å². The fourth-order valence-corrected chi connectivity index (χ4v) is 6.29. The number of likely N-dealkylation sites (tertiary alicyclic amines) is 2. The van der Waals surface area contributed by atoms with Crippen LogP contribution in [0.3, 0.4) is 0 Å². The molecule has 1 amide bonds. The maximum Gasteiger partial charge on any atom is 0.410 e. The first-order valence-electron chi connectivity index (χ1n) is 14.4. The number of piperidine rings is 1. The van der Waals surface area contributed by atoms with Gasteiger partial charge in [0.05, 0.1) is 6.61 Å². The fraction of sp³-hybridized carbons (Fsp3) is 0.424. The molecule has 0 saturated carbocycles. The van der Waals surface area contributed by atoms with E-state index in [0.717, 1.165) is 56.7 Å². The summed E-state index contributed by atoms with van der Waals surface area (Å²) >= 11 is 0. The minimum Gasteiger partial charge on any atom is -0.450 e. The lowest BCUT2D eigenvalue weighted by Crippen LogP contribution is -2.49. The molecule has 0 aromatic heterocycles. The molecule has 0 bridgehead atoms. The summed E-state index contributed by atoms with van der Waals surface area (Å²) < 4.78 is 19.2. The third kappa shape index (κ3) is 6.72. The summed E-state index contributed by atoms with van der Waals surface area (Å²) in [5.74, 6) is -0.324. The van der Waals surface area contributed by atoms with Gasteiger partial charge in [-0.05, 0) is 48.6 Å². The Hall–Kier alpha value is -3.26. The van der Waals surface area contributed by atoms with Crippen LogP contribution in [0.5, 0.6) is 0 Å². The Labute approximate surface area is 237 Å². The van der Waals surface area contributed by atoms with Gasteiger partial charge >= 0.3 is 6.09 Å². The van der Waals surface area contributed by atoms with Gasteiger partial charge in [0.25, 0.3) is 0 Å². The van der Waals surface area contributed by atoms with Gasteiger partial charge in [0, 0.05) is 57.8 Å². The molecule has 40 heavy (non-hydrogen) atoms. The first-order chi connectivity index (χ1) is 19.4. The Morgan fingerprint density at radius 3 is 2.20 bits per heavy atom. The third-order valence-electron chi connectivity index (χ3n) is 8.39. The van der Waals surface area contributed by atoms with Gasteiger partial charge in [0.15, 0.2) is 0 Å². The quantitative estimate of drug-likeness (QED) is 0.397. The Morgan fingerprint density at radius 2 is 1.57 bits per heavy atom. The first-order valence-corrected chi connectivity index (χ1v) is 14.4. The van der Waals surface area contributed by atoms with Gasteiger partial charge in [0.2, 0.25) is 0 Å². The Bertz CT molecular complexity index is 1220. The van der Waals surface area contributed by atoms with Crippen molar-refractivity contribution < 1.29 is 19.0 Å². The summed E-state index contributed by atoms with van der Waals surface area (Å²) in [5.41, 5.74) is 2.00. The lowest BCUT2D eigenvalue weighted by molar-refractivity contribution is -0.0110. The highest BCUT2D eigenvalue weighted by Crippen LogP contribution is 2.39. The van der Waals surface area contributed by atoms with Crippen LogP contribution in [0.1, 0.15) is 36.5 Å². The Balaban J connectivity index is 1.26. The maximum atomic E-state index is 13.7. The average molecular weight is 546 g/mol. The largest absolute Gasteiger partial charge is 0.450 e. The van der Waals surface area contributed by atoms with Crippen molar-refractivity contribution in [3.63, 3.8) is 0 Å². The van der Waals surface area contributed by atoms with Gasteiger partial charge in [-0.25, -0.2) is 9.18 Å². The van der Waals surface area contributed by atoms with Gasteiger partial charge in [-0.2, -0.15) is 0 Å². The van der Waals surface area contributed by atoms with Crippen LogP contribution in [0.15, 0.2) is 84.9 Å². The summed E-state index contributed by atoms with van der Waals surface area (Å²) in [4.78, 5) is 19.5. The van der Waals surface area contributed by atoms with Crippen LogP contribution < -0.4 is 0 Å². The molecule has 0 radical (unpaired) electrons. The summed E-state index contributed by atoms with van der Waals surface area (Å²) in [6.45, 7) is 7.16. The van der Waals surface area contributed by atoms with Crippen molar-refractivity contribution in [2.75, 3.05) is 39.3 Å². The van der Waals surface area contributed by atoms with Crippen LogP contribution in [-0.2, 0) is 23.4 Å². The number of rotatable bonds is 9. The highest BCUT2D eigenvalue weighted by molar-refractivity contribution is 5.68. The molecule has 5 rings (SSSR count). The molecule has 6 nitrogen and oxygen atoms in total. The number of amides is 1. The molecular formula is C33H40FN3O3. The highest BCUT2D eigenvalue weighted by atomic mass is 19.1. The molecule has 3 aromatic rings. The Kier molecular flexibility index (Phi) is 9.15. The van der Waals surface area contributed by atoms with Crippen molar-refractivity contribution in [2.24, 2.45) is 5.92 Å². The molecule has 3 aromatic carbocycles. The van der Waals surface area contributed by atoms with Gasteiger partial charge in [-0.3, -0.25) is 4.90 Å². The molecule has 2 unspecified atom stereocenters. The van der Waals surface area contributed by atoms with Gasteiger partial charge in [0.1, 0.15) is 11.4 Å². The molecule has 2 aliphatic rings. The second-order valence-electron chi connectivity index (χ2n) is 11.1. The first kappa shape index (κ1) is 28.3. The zero-order valence-electron chi connectivity index (χ0n) is 23.3. The number of carbonyl (C=O) groups excluding carboxylic acids is 1. The summed E-state index contributed by atoms with van der Waals surface area (Å²) in [6.07, 6.45) is 1.44. The van der Waals surface area contributed by atoms with Crippen molar-refractivity contribution in [3.05, 3.63) is 107 Å². The van der Waals surface area contributed by atoms with Gasteiger partial charge in [-0.1, -0.05) is 72.8 Å². The lowest BCUT2D eigenvalue weighted by Gasteiger charge is -2.40. The summed E-state index contributed by atoms with van der Waals surface area (Å²) in [7, 11) is 0. The summed E-state index contributed by atoms with van der Waals surface area (Å²) in [6, 6.07) is 26.8. The molecule has 0 spiro atoms. The smallest absolute Gasteiger partial charge is 0.410 e. The van der Waals surface area contributed by atoms with E-state index in [9.17, 15) is 14.3 Å². The number of hydrogen-bond donors (Lipinski definition) is 1. The van der Waals surface area contributed by atoms with E-state index in [1.54, 1.807) is 12.1 Å². The SMILES string of the molecule is CCOC(=O)N(Cc1ccccc1)C1CCN(CC2CN(Cc3ccccc3)CC2(O)c2ccc(F)cc2)CC1. The lowest BCUT2D eigenvalue weighted by atomic mass is 9.83. The number of carbonyl (C=O) groups is 1. The number of aliphatic hydroxyl groups is 1. The van der Waals surface area contributed by atoms with Crippen molar-refractivity contribution in [2.45, 2.75) is 44.5 Å². The van der Waals surface area contributed by atoms with Gasteiger partial charge in [-0.15, -0.1) is 0 Å². The van der Waals surface area contributed by atoms with E-state index in [-0.39, 0.29) is 23.9 Å². The number of β-amino-alcohol motifs (C(OH)–C–C–N with tert-alkyl or cyclic N) is 1. The number of nitrogens with zero attached hydrogens (tertiary/aromatic N) is 3. The van der Waals surface area contributed by atoms with Crippen molar-refractivity contribution in [1.29, 1.82) is 0 Å². The molecule has 1 N–H and O–H groups in total. The van der Waals surface area contributed by atoms with E-state index in [0.29, 0.717) is 19.7 Å². The Morgan fingerprint density at radius 1 is 0.950 bits per heavy atom. The molecule has 2 saturated heterocycles. The van der Waals surface area contributed by atoms with E-state index in [4.69, 9.17) is 4.74 Å². The van der Waals surface area contributed by atoms with E-state index >= 15 is 0 Å². The molecule has 2 atom stereocenters. The minimum atomic E-state index is -1.07. The van der Waals surface area contributed by atoms with Crippen LogP contribution in [0.25, 0.3) is 0 Å². The predicted octanol–water partition coefficient (Wildman–Crippen LogP) is 5.27. The molecular weight excluding hydrogens is 505 g/mol. The van der Waals surface area contributed by atoms with E-state index in [2.05, 4.69) is 21.9 Å². The molecule has 0 aliphatic carbocycles. The van der Waals surface area contributed by atoms with Crippen molar-refractivity contribution >= 4 is 6.09 Å². The van der Waals surface area contributed by atoms with E-state index in [1.807, 2.05) is 60.4 Å². The normalized spacial score (nSPS) is 22.3. The van der Waals surface area contributed by atoms with Crippen LogP contribution >= 0.6 is 0 Å². The topological polar surface area (TPSA) is 56.2 Å². The highest BCUT2D eigenvalue weighted by Gasteiger charge is 2.47. The average Bonchev–Trinajstić information content (AvgIpc) is 3.28. The molecule has 2 heterocycles. The number of benzene rings is 3. The maximum absolute atomic E-state index is 13.7. The predicted molar refractivity (Wildman–Crippen MR) is 154 cm³/mol. The van der Waals surface area contributed by atoms with Crippen LogP contribution in [0.2, 0.25) is 0 Å². The summed E-state index contributed by atoms with van der Waals surface area (Å²) in [5, 5.41) is 12.1. The number of ether oxygens (including phenoxy) is 1. The second kappa shape index (κ2) is 12.9. The minimum absolute atomic E-state index is 0.0244. The van der Waals surface area contributed by atoms with E-state index < -0.39 is 5.60 Å². The third-order valence-corrected chi connectivity index (χ3v) is 8.39. The van der Waals surface area contributed by atoms with Crippen LogP contribution in [-0.4, -0.2) is 71.3 Å². The fourth-order valence-electron chi connectivity index (χ4n) is 6.29. The standard InChI is InChI=1S/C33H40FN3O3/c1-2-40-32(38)37(22-27-11-7-4-8-12-27)31-17-19-35(20-18-31)23-29-24-36(21-26-9-5-3-6-10-26)25-33(29,39)28-13-15-30(34)16-14-28/h3-16,29,31,39H,2,17-25H2,1H3. The van der Waals surface area contributed by atoms with Crippen LogP contribution in [0.4, 0.5) is 9.18 Å². The molecule has 212 valence electrons. The number of hydrogen-bond acceptors (Lipinski definition) is 5. The van der Waals surface area contributed by atoms with Gasteiger partial charge < -0.3 is 19.6 Å². The van der Waals surface area contributed by atoms with Crippen molar-refractivity contribution in [3.8, 4) is 0 Å². The monoisotopic (exact) mass is 545 g/mol. The molecule has 7 heteroatoms. The van der Waals surface area contributed by atoms with E-state index in [1.165, 1.54) is 17.7 Å². The molecule has 2 fully saturated rings. The zero-order valence-corrected chi connectivity index (χ0v) is 23.3. The van der Waals surface area contributed by atoms with Crippen LogP contribution in [0, 0.1) is 11.7 Å². The number of halogens is 1. The second-order valence-corrected chi connectivity index (χ2v) is 11.1. The molecule has 2 aliphatic heterocycles.